The number of halogens is 2. The van der Waals surface area contributed by atoms with E-state index in [1.165, 1.54) is 13.3 Å². The predicted molar refractivity (Wildman–Crippen MR) is 106 cm³/mol. The first-order valence-corrected chi connectivity index (χ1v) is 9.61. The molecule has 2 aliphatic carbocycles. The number of methoxy groups -OCH3 is 1. The average molecular weight is 414 g/mol. The van der Waals surface area contributed by atoms with Crippen molar-refractivity contribution < 1.29 is 13.9 Å². The van der Waals surface area contributed by atoms with Crippen LogP contribution in [0.15, 0.2) is 36.8 Å². The van der Waals surface area contributed by atoms with E-state index in [-0.39, 0.29) is 35.6 Å². The van der Waals surface area contributed by atoms with Crippen molar-refractivity contribution in [2.24, 2.45) is 17.8 Å². The molecule has 148 valence electrons. The maximum Gasteiger partial charge on any atom is 0.311 e. The van der Waals surface area contributed by atoms with E-state index < -0.39 is 5.82 Å². The lowest BCUT2D eigenvalue weighted by Gasteiger charge is -2.27. The Morgan fingerprint density at radius 1 is 1.31 bits per heavy atom. The molecule has 2 N–H and O–H groups in total. The van der Waals surface area contributed by atoms with E-state index in [1.807, 2.05) is 6.08 Å². The highest BCUT2D eigenvalue weighted by Crippen LogP contribution is 2.45. The SMILES string of the molecule is COC(=O)C1C2C=CC(C2)C1Nc1nc(-c2c[nH]c3ncc(Cl)cc23)ncc1F. The Balaban J connectivity index is 1.51. The molecule has 3 heterocycles. The number of nitrogens with zero attached hydrogens (tertiary/aromatic N) is 3. The molecule has 0 radical (unpaired) electrons. The summed E-state index contributed by atoms with van der Waals surface area (Å²) in [5.74, 6) is -0.652. The van der Waals surface area contributed by atoms with Crippen molar-refractivity contribution in [3.63, 3.8) is 0 Å². The van der Waals surface area contributed by atoms with Crippen LogP contribution in [0.2, 0.25) is 5.02 Å². The number of hydrogen-bond acceptors (Lipinski definition) is 6. The Morgan fingerprint density at radius 3 is 2.97 bits per heavy atom. The van der Waals surface area contributed by atoms with Crippen molar-refractivity contribution in [2.45, 2.75) is 12.5 Å². The van der Waals surface area contributed by atoms with Crippen molar-refractivity contribution in [2.75, 3.05) is 12.4 Å². The summed E-state index contributed by atoms with van der Waals surface area (Å²) in [4.78, 5) is 28.1. The number of anilines is 1. The number of fused-ring (bicyclic) bond motifs is 3. The molecule has 7 nitrogen and oxygen atoms in total. The average Bonchev–Trinajstić information content (AvgIpc) is 3.43. The third-order valence-corrected chi connectivity index (χ3v) is 5.93. The zero-order chi connectivity index (χ0) is 20.1. The zero-order valence-corrected chi connectivity index (χ0v) is 16.2. The summed E-state index contributed by atoms with van der Waals surface area (Å²) in [6.07, 6.45) is 9.31. The number of rotatable bonds is 4. The van der Waals surface area contributed by atoms with Crippen LogP contribution in [0.4, 0.5) is 10.2 Å². The summed E-state index contributed by atoms with van der Waals surface area (Å²) in [6.45, 7) is 0. The van der Waals surface area contributed by atoms with Crippen LogP contribution in [0.3, 0.4) is 0 Å². The summed E-state index contributed by atoms with van der Waals surface area (Å²) in [5.41, 5.74) is 1.30. The van der Waals surface area contributed by atoms with Gasteiger partial charge in [0, 0.05) is 29.4 Å². The number of H-pyrrole nitrogens is 1. The van der Waals surface area contributed by atoms with Crippen LogP contribution in [-0.4, -0.2) is 39.1 Å². The van der Waals surface area contributed by atoms with E-state index in [2.05, 4.69) is 31.3 Å². The van der Waals surface area contributed by atoms with Crippen molar-refractivity contribution >= 4 is 34.4 Å². The highest BCUT2D eigenvalue weighted by atomic mass is 35.5. The number of esters is 1. The van der Waals surface area contributed by atoms with E-state index in [0.717, 1.165) is 18.0 Å². The highest BCUT2D eigenvalue weighted by molar-refractivity contribution is 6.31. The van der Waals surface area contributed by atoms with E-state index in [9.17, 15) is 9.18 Å². The first-order valence-electron chi connectivity index (χ1n) is 9.23. The first kappa shape index (κ1) is 18.1. The summed E-state index contributed by atoms with van der Waals surface area (Å²) < 4.78 is 19.5. The quantitative estimate of drug-likeness (QED) is 0.501. The van der Waals surface area contributed by atoms with Crippen LogP contribution < -0.4 is 5.32 Å². The molecule has 2 bridgehead atoms. The largest absolute Gasteiger partial charge is 0.469 e. The molecule has 0 aliphatic heterocycles. The normalized spacial score (nSPS) is 24.9. The second kappa shape index (κ2) is 6.81. The van der Waals surface area contributed by atoms with Crippen molar-refractivity contribution in [1.29, 1.82) is 0 Å². The van der Waals surface area contributed by atoms with Gasteiger partial charge in [0.25, 0.3) is 0 Å². The van der Waals surface area contributed by atoms with Gasteiger partial charge in [0.1, 0.15) is 5.65 Å². The van der Waals surface area contributed by atoms with Gasteiger partial charge in [-0.25, -0.2) is 19.3 Å². The minimum absolute atomic E-state index is 0.0548. The highest BCUT2D eigenvalue weighted by Gasteiger charge is 2.49. The molecule has 4 atom stereocenters. The van der Waals surface area contributed by atoms with Gasteiger partial charge in [0.05, 0.1) is 24.2 Å². The minimum Gasteiger partial charge on any atom is -0.469 e. The van der Waals surface area contributed by atoms with Gasteiger partial charge in [-0.2, -0.15) is 0 Å². The molecule has 0 spiro atoms. The maximum atomic E-state index is 14.5. The lowest BCUT2D eigenvalue weighted by Crippen LogP contribution is -2.38. The fraction of sp³-hybridized carbons (Fsp3) is 0.300. The summed E-state index contributed by atoms with van der Waals surface area (Å²) in [7, 11) is 1.37. The Bertz CT molecular complexity index is 1150. The van der Waals surface area contributed by atoms with Gasteiger partial charge in [0.15, 0.2) is 17.5 Å². The fourth-order valence-corrected chi connectivity index (χ4v) is 4.55. The van der Waals surface area contributed by atoms with Gasteiger partial charge in [0.2, 0.25) is 0 Å². The third-order valence-electron chi connectivity index (χ3n) is 5.72. The molecule has 5 rings (SSSR count). The van der Waals surface area contributed by atoms with Crippen molar-refractivity contribution in [3.05, 3.63) is 47.6 Å². The monoisotopic (exact) mass is 413 g/mol. The summed E-state index contributed by atoms with van der Waals surface area (Å²) in [5, 5.41) is 4.36. The van der Waals surface area contributed by atoms with Gasteiger partial charge in [-0.1, -0.05) is 23.8 Å². The molecule has 2 aliphatic rings. The van der Waals surface area contributed by atoms with Gasteiger partial charge < -0.3 is 15.0 Å². The number of allylic oxidation sites excluding steroid dienone is 1. The minimum atomic E-state index is -0.583. The molecular formula is C20H17ClFN5O2. The molecule has 1 fully saturated rings. The number of pyridine rings is 1. The van der Waals surface area contributed by atoms with E-state index >= 15 is 0 Å². The van der Waals surface area contributed by atoms with Crippen LogP contribution >= 0.6 is 11.6 Å². The molecule has 4 unspecified atom stereocenters. The van der Waals surface area contributed by atoms with Crippen LogP contribution in [0.5, 0.6) is 0 Å². The van der Waals surface area contributed by atoms with Crippen molar-refractivity contribution in [3.8, 4) is 11.4 Å². The van der Waals surface area contributed by atoms with E-state index in [1.54, 1.807) is 12.3 Å². The van der Waals surface area contributed by atoms with Crippen LogP contribution in [0.1, 0.15) is 6.42 Å². The molecule has 3 aromatic rings. The topological polar surface area (TPSA) is 92.8 Å². The number of ether oxygens (including phenoxy) is 1. The molecule has 29 heavy (non-hydrogen) atoms. The Labute approximate surface area is 170 Å². The van der Waals surface area contributed by atoms with Crippen LogP contribution in [-0.2, 0) is 9.53 Å². The molecule has 1 saturated carbocycles. The summed E-state index contributed by atoms with van der Waals surface area (Å²) in [6, 6.07) is 1.47. The Morgan fingerprint density at radius 2 is 2.14 bits per heavy atom. The predicted octanol–water partition coefficient (Wildman–Crippen LogP) is 3.59. The van der Waals surface area contributed by atoms with Gasteiger partial charge in [-0.3, -0.25) is 4.79 Å². The number of carbonyl (C=O) groups excluding carboxylic acids is 1. The standard InChI is InChI=1S/C20H17ClFN5O2/c1-29-20(28)15-9-2-3-10(4-9)16(15)26-19-14(22)8-25-18(27-19)13-7-24-17-12(13)5-11(21)6-23-17/h2-3,5-10,15-16H,4H2,1H3,(H,23,24)(H,25,26,27). The van der Waals surface area contributed by atoms with Gasteiger partial charge >= 0.3 is 5.97 Å². The second-order valence-corrected chi connectivity index (χ2v) is 7.75. The molecule has 3 aromatic heterocycles. The van der Waals surface area contributed by atoms with E-state index in [0.29, 0.717) is 22.1 Å². The molecule has 9 heteroatoms. The maximum absolute atomic E-state index is 14.5. The number of hydrogen-bond donors (Lipinski definition) is 2. The smallest absolute Gasteiger partial charge is 0.311 e. The summed E-state index contributed by atoms with van der Waals surface area (Å²) >= 11 is 6.06. The third kappa shape index (κ3) is 2.95. The lowest BCUT2D eigenvalue weighted by atomic mass is 9.89. The van der Waals surface area contributed by atoms with Crippen molar-refractivity contribution in [1.82, 2.24) is 19.9 Å². The van der Waals surface area contributed by atoms with Gasteiger partial charge in [-0.15, -0.1) is 0 Å². The number of aromatic nitrogens is 4. The molecule has 0 amide bonds. The number of aromatic amines is 1. The molecular weight excluding hydrogens is 397 g/mol. The number of nitrogens with one attached hydrogen (secondary N) is 2. The second-order valence-electron chi connectivity index (χ2n) is 7.31. The zero-order valence-electron chi connectivity index (χ0n) is 15.4. The number of carbonyl (C=O) groups is 1. The van der Waals surface area contributed by atoms with E-state index in [4.69, 9.17) is 16.3 Å². The fourth-order valence-electron chi connectivity index (χ4n) is 4.40. The van der Waals surface area contributed by atoms with Crippen LogP contribution in [0, 0.1) is 23.6 Å². The van der Waals surface area contributed by atoms with Gasteiger partial charge in [-0.05, 0) is 24.3 Å². The Kier molecular flexibility index (Phi) is 4.24. The lowest BCUT2D eigenvalue weighted by molar-refractivity contribution is -0.146. The Hall–Kier alpha value is -3.00. The first-order chi connectivity index (χ1) is 14.0. The molecule has 0 aromatic carbocycles. The molecule has 0 saturated heterocycles. The van der Waals surface area contributed by atoms with Crippen LogP contribution in [0.25, 0.3) is 22.4 Å².